The Morgan fingerprint density at radius 1 is 1.47 bits per heavy atom. The fourth-order valence-electron chi connectivity index (χ4n) is 1.42. The number of aromatic nitrogens is 1. The Bertz CT molecular complexity index is 292. The van der Waals surface area contributed by atoms with E-state index < -0.39 is 0 Å². The molecule has 0 aliphatic carbocycles. The highest BCUT2D eigenvalue weighted by Gasteiger charge is 2.07. The van der Waals surface area contributed by atoms with E-state index in [1.165, 1.54) is 5.56 Å². The summed E-state index contributed by atoms with van der Waals surface area (Å²) in [5.41, 5.74) is 1.19. The highest BCUT2D eigenvalue weighted by Crippen LogP contribution is 2.10. The van der Waals surface area contributed by atoms with Gasteiger partial charge in [-0.15, -0.1) is 0 Å². The second kappa shape index (κ2) is 6.37. The molecule has 0 aliphatic heterocycles. The monoisotopic (exact) mass is 210 g/mol. The van der Waals surface area contributed by atoms with E-state index in [-0.39, 0.29) is 0 Å². The minimum atomic E-state index is 0.321. The predicted molar refractivity (Wildman–Crippen MR) is 59.2 cm³/mol. The fraction of sp³-hybridized carbons (Fsp3) is 0.545. The van der Waals surface area contributed by atoms with E-state index in [2.05, 4.69) is 10.3 Å². The normalized spacial score (nSPS) is 12.5. The van der Waals surface area contributed by atoms with E-state index in [4.69, 9.17) is 9.47 Å². The van der Waals surface area contributed by atoms with Crippen molar-refractivity contribution in [1.29, 1.82) is 0 Å². The molecule has 1 atom stereocenters. The first-order chi connectivity index (χ1) is 7.30. The van der Waals surface area contributed by atoms with Gasteiger partial charge >= 0.3 is 0 Å². The molecule has 0 radical (unpaired) electrons. The minimum Gasteiger partial charge on any atom is -0.481 e. The van der Waals surface area contributed by atoms with Gasteiger partial charge in [0, 0.05) is 25.4 Å². The van der Waals surface area contributed by atoms with Crippen molar-refractivity contribution in [2.24, 2.45) is 0 Å². The van der Waals surface area contributed by atoms with Gasteiger partial charge in [0.05, 0.1) is 13.7 Å². The van der Waals surface area contributed by atoms with E-state index in [9.17, 15) is 0 Å². The highest BCUT2D eigenvalue weighted by molar-refractivity contribution is 5.21. The Hall–Kier alpha value is -1.13. The van der Waals surface area contributed by atoms with Crippen LogP contribution >= 0.6 is 0 Å². The van der Waals surface area contributed by atoms with Crippen molar-refractivity contribution in [3.8, 4) is 5.88 Å². The van der Waals surface area contributed by atoms with E-state index in [1.54, 1.807) is 20.4 Å². The second-order valence-corrected chi connectivity index (χ2v) is 3.35. The van der Waals surface area contributed by atoms with E-state index in [1.807, 2.05) is 19.2 Å². The van der Waals surface area contributed by atoms with Crippen molar-refractivity contribution in [3.05, 3.63) is 23.9 Å². The van der Waals surface area contributed by atoms with Crippen molar-refractivity contribution in [2.75, 3.05) is 27.9 Å². The molecule has 0 fully saturated rings. The van der Waals surface area contributed by atoms with Crippen LogP contribution in [0.4, 0.5) is 0 Å². The van der Waals surface area contributed by atoms with Crippen LogP contribution < -0.4 is 10.1 Å². The molecule has 84 valence electrons. The molecule has 1 aromatic heterocycles. The fourth-order valence-corrected chi connectivity index (χ4v) is 1.42. The average Bonchev–Trinajstić information content (AvgIpc) is 2.29. The van der Waals surface area contributed by atoms with Crippen molar-refractivity contribution >= 4 is 0 Å². The van der Waals surface area contributed by atoms with Crippen molar-refractivity contribution in [2.45, 2.75) is 12.5 Å². The molecule has 0 saturated carbocycles. The standard InChI is InChI=1S/C11H18N2O2/c1-12-10(8-14-2)6-9-4-5-13-11(7-9)15-3/h4-5,7,10,12H,6,8H2,1-3H3. The topological polar surface area (TPSA) is 43.4 Å². The molecule has 15 heavy (non-hydrogen) atoms. The van der Waals surface area contributed by atoms with Crippen molar-refractivity contribution < 1.29 is 9.47 Å². The van der Waals surface area contributed by atoms with Crippen LogP contribution in [0.1, 0.15) is 5.56 Å². The molecular weight excluding hydrogens is 192 g/mol. The van der Waals surface area contributed by atoms with Crippen LogP contribution in [0, 0.1) is 0 Å². The van der Waals surface area contributed by atoms with Crippen molar-refractivity contribution in [1.82, 2.24) is 10.3 Å². The number of nitrogens with one attached hydrogen (secondary N) is 1. The van der Waals surface area contributed by atoms with Crippen LogP contribution in [-0.2, 0) is 11.2 Å². The van der Waals surface area contributed by atoms with Crippen LogP contribution in [0.15, 0.2) is 18.3 Å². The van der Waals surface area contributed by atoms with Gasteiger partial charge in [0.15, 0.2) is 0 Å². The number of hydrogen-bond donors (Lipinski definition) is 1. The summed E-state index contributed by atoms with van der Waals surface area (Å²) in [5, 5.41) is 3.20. The molecule has 4 heteroatoms. The molecule has 1 unspecified atom stereocenters. The van der Waals surface area contributed by atoms with Gasteiger partial charge in [-0.25, -0.2) is 4.98 Å². The number of ether oxygens (including phenoxy) is 2. The maximum atomic E-state index is 5.11. The zero-order valence-corrected chi connectivity index (χ0v) is 9.49. The molecule has 0 spiro atoms. The van der Waals surface area contributed by atoms with Gasteiger partial charge < -0.3 is 14.8 Å². The molecule has 0 amide bonds. The molecule has 1 rings (SSSR count). The third-order valence-electron chi connectivity index (χ3n) is 2.27. The number of methoxy groups -OCH3 is 2. The largest absolute Gasteiger partial charge is 0.481 e. The summed E-state index contributed by atoms with van der Waals surface area (Å²) in [7, 11) is 5.26. The zero-order valence-electron chi connectivity index (χ0n) is 9.49. The minimum absolute atomic E-state index is 0.321. The van der Waals surface area contributed by atoms with Gasteiger partial charge in [0.25, 0.3) is 0 Å². The molecule has 1 N–H and O–H groups in total. The first kappa shape index (κ1) is 11.9. The summed E-state index contributed by atoms with van der Waals surface area (Å²) >= 11 is 0. The first-order valence-corrected chi connectivity index (χ1v) is 4.95. The average molecular weight is 210 g/mol. The van der Waals surface area contributed by atoms with Crippen LogP contribution in [0.3, 0.4) is 0 Å². The quantitative estimate of drug-likeness (QED) is 0.756. The number of nitrogens with zero attached hydrogens (tertiary/aromatic N) is 1. The van der Waals surface area contributed by atoms with E-state index >= 15 is 0 Å². The van der Waals surface area contributed by atoms with Gasteiger partial charge in [0.2, 0.25) is 5.88 Å². The molecule has 1 aromatic rings. The molecule has 0 aliphatic rings. The number of hydrogen-bond acceptors (Lipinski definition) is 4. The Kier molecular flexibility index (Phi) is 5.07. The Labute approximate surface area is 90.6 Å². The number of likely N-dealkylation sites (N-methyl/N-ethyl adjacent to an activating group) is 1. The van der Waals surface area contributed by atoms with Gasteiger partial charge in [-0.1, -0.05) is 0 Å². The summed E-state index contributed by atoms with van der Waals surface area (Å²) in [6.45, 7) is 0.696. The summed E-state index contributed by atoms with van der Waals surface area (Å²) in [6, 6.07) is 4.25. The van der Waals surface area contributed by atoms with Crippen LogP contribution in [0.5, 0.6) is 5.88 Å². The summed E-state index contributed by atoms with van der Waals surface area (Å²) in [4.78, 5) is 4.06. The lowest BCUT2D eigenvalue weighted by molar-refractivity contribution is 0.169. The third kappa shape index (κ3) is 3.85. The summed E-state index contributed by atoms with van der Waals surface area (Å²) < 4.78 is 10.2. The smallest absolute Gasteiger partial charge is 0.213 e. The van der Waals surface area contributed by atoms with Crippen LogP contribution in [0.2, 0.25) is 0 Å². The lowest BCUT2D eigenvalue weighted by atomic mass is 10.1. The molecular formula is C11H18N2O2. The predicted octanol–water partition coefficient (Wildman–Crippen LogP) is 0.867. The number of pyridine rings is 1. The Morgan fingerprint density at radius 2 is 2.27 bits per heavy atom. The van der Waals surface area contributed by atoms with Crippen LogP contribution in [0.25, 0.3) is 0 Å². The Balaban J connectivity index is 2.61. The SMILES string of the molecule is CNC(COC)Cc1ccnc(OC)c1. The second-order valence-electron chi connectivity index (χ2n) is 3.35. The third-order valence-corrected chi connectivity index (χ3v) is 2.27. The Morgan fingerprint density at radius 3 is 2.87 bits per heavy atom. The van der Waals surface area contributed by atoms with E-state index in [0.29, 0.717) is 18.5 Å². The van der Waals surface area contributed by atoms with Crippen molar-refractivity contribution in [3.63, 3.8) is 0 Å². The van der Waals surface area contributed by atoms with Gasteiger partial charge in [-0.3, -0.25) is 0 Å². The number of rotatable bonds is 6. The maximum absolute atomic E-state index is 5.11. The lowest BCUT2D eigenvalue weighted by Crippen LogP contribution is -2.32. The summed E-state index contributed by atoms with van der Waals surface area (Å²) in [5.74, 6) is 0.653. The van der Waals surface area contributed by atoms with Gasteiger partial charge in [-0.05, 0) is 25.1 Å². The molecule has 0 saturated heterocycles. The summed E-state index contributed by atoms with van der Waals surface area (Å²) in [6.07, 6.45) is 2.66. The molecule has 0 aromatic carbocycles. The maximum Gasteiger partial charge on any atom is 0.213 e. The molecule has 1 heterocycles. The lowest BCUT2D eigenvalue weighted by Gasteiger charge is -2.15. The highest BCUT2D eigenvalue weighted by atomic mass is 16.5. The first-order valence-electron chi connectivity index (χ1n) is 4.95. The van der Waals surface area contributed by atoms with Gasteiger partial charge in [-0.2, -0.15) is 0 Å². The molecule has 0 bridgehead atoms. The van der Waals surface area contributed by atoms with Crippen LogP contribution in [-0.4, -0.2) is 38.9 Å². The van der Waals surface area contributed by atoms with E-state index in [0.717, 1.165) is 6.42 Å². The van der Waals surface area contributed by atoms with Gasteiger partial charge in [0.1, 0.15) is 0 Å². The molecule has 4 nitrogen and oxygen atoms in total. The zero-order chi connectivity index (χ0) is 11.1.